The summed E-state index contributed by atoms with van der Waals surface area (Å²) >= 11 is 6.05. The van der Waals surface area contributed by atoms with Crippen LogP contribution in [-0.4, -0.2) is 24.7 Å². The van der Waals surface area contributed by atoms with Gasteiger partial charge in [0.25, 0.3) is 0 Å². The second-order valence-electron chi connectivity index (χ2n) is 5.54. The summed E-state index contributed by atoms with van der Waals surface area (Å²) in [7, 11) is 0. The fourth-order valence-electron chi connectivity index (χ4n) is 1.69. The van der Waals surface area contributed by atoms with Gasteiger partial charge in [0.2, 0.25) is 0 Å². The minimum Gasteiger partial charge on any atom is -0.363 e. The Balaban J connectivity index is 2.16. The molecule has 0 unspecified atom stereocenters. The highest BCUT2D eigenvalue weighted by Gasteiger charge is 2.18. The smallest absolute Gasteiger partial charge is 0.152 e. The van der Waals surface area contributed by atoms with E-state index in [0.29, 0.717) is 23.3 Å². The first kappa shape index (κ1) is 14.7. The quantitative estimate of drug-likeness (QED) is 0.878. The second-order valence-corrected chi connectivity index (χ2v) is 5.92. The molecule has 0 aliphatic rings. The number of nitrogens with one attached hydrogen (secondary N) is 1. The molecule has 0 radical (unpaired) electrons. The lowest BCUT2D eigenvalue weighted by molar-refractivity contribution is 0.546. The lowest BCUT2D eigenvalue weighted by atomic mass is 9.96. The third-order valence-electron chi connectivity index (χ3n) is 2.83. The number of nitrogens with zero attached hydrogens (tertiary/aromatic N) is 5. The molecule has 0 aliphatic heterocycles. The Bertz CT molecular complexity index is 587. The van der Waals surface area contributed by atoms with Gasteiger partial charge in [0.15, 0.2) is 5.82 Å². The SMILES string of the molecule is CCn1cnnc1CNc1cc(Cl)nc(C(C)(C)C)n1. The van der Waals surface area contributed by atoms with Crippen LogP contribution in [0.15, 0.2) is 12.4 Å². The summed E-state index contributed by atoms with van der Waals surface area (Å²) in [6.45, 7) is 9.58. The van der Waals surface area contributed by atoms with Gasteiger partial charge in [0.05, 0.1) is 6.54 Å². The first-order valence-electron chi connectivity index (χ1n) is 6.55. The standard InChI is InChI=1S/C13H19ClN6/c1-5-20-8-16-19-11(20)7-15-10-6-9(14)17-12(18-10)13(2,3)4/h6,8H,5,7H2,1-4H3,(H,15,17,18). The van der Waals surface area contributed by atoms with Gasteiger partial charge in [-0.2, -0.15) is 0 Å². The highest BCUT2D eigenvalue weighted by atomic mass is 35.5. The van der Waals surface area contributed by atoms with Crippen LogP contribution in [-0.2, 0) is 18.5 Å². The Morgan fingerprint density at radius 2 is 2.05 bits per heavy atom. The van der Waals surface area contributed by atoms with E-state index in [4.69, 9.17) is 11.6 Å². The molecule has 108 valence electrons. The zero-order valence-corrected chi connectivity index (χ0v) is 12.9. The summed E-state index contributed by atoms with van der Waals surface area (Å²) in [5, 5.41) is 11.6. The van der Waals surface area contributed by atoms with Crippen molar-refractivity contribution in [2.75, 3.05) is 5.32 Å². The zero-order valence-electron chi connectivity index (χ0n) is 12.2. The molecule has 20 heavy (non-hydrogen) atoms. The van der Waals surface area contributed by atoms with Crippen molar-refractivity contribution in [3.05, 3.63) is 29.2 Å². The molecule has 0 atom stereocenters. The van der Waals surface area contributed by atoms with Crippen LogP contribution >= 0.6 is 11.6 Å². The third-order valence-corrected chi connectivity index (χ3v) is 3.02. The molecule has 0 aliphatic carbocycles. The predicted octanol–water partition coefficient (Wildman–Crippen LogP) is 2.65. The van der Waals surface area contributed by atoms with E-state index in [1.54, 1.807) is 12.4 Å². The maximum atomic E-state index is 6.05. The predicted molar refractivity (Wildman–Crippen MR) is 78.8 cm³/mol. The number of hydrogen-bond acceptors (Lipinski definition) is 5. The third kappa shape index (κ3) is 3.45. The van der Waals surface area contributed by atoms with Gasteiger partial charge in [0, 0.05) is 18.0 Å². The molecule has 0 saturated heterocycles. The van der Waals surface area contributed by atoms with Crippen molar-refractivity contribution in [2.45, 2.75) is 46.2 Å². The van der Waals surface area contributed by atoms with Crippen molar-refractivity contribution >= 4 is 17.4 Å². The van der Waals surface area contributed by atoms with E-state index in [-0.39, 0.29) is 5.41 Å². The van der Waals surface area contributed by atoms with Crippen LogP contribution in [0.5, 0.6) is 0 Å². The van der Waals surface area contributed by atoms with Gasteiger partial charge in [0.1, 0.15) is 23.1 Å². The minimum atomic E-state index is -0.148. The van der Waals surface area contributed by atoms with Gasteiger partial charge in [-0.1, -0.05) is 32.4 Å². The highest BCUT2D eigenvalue weighted by molar-refractivity contribution is 6.29. The molecule has 2 rings (SSSR count). The van der Waals surface area contributed by atoms with Gasteiger partial charge in [-0.3, -0.25) is 0 Å². The van der Waals surface area contributed by atoms with E-state index in [9.17, 15) is 0 Å². The van der Waals surface area contributed by atoms with Crippen molar-refractivity contribution in [2.24, 2.45) is 0 Å². The Morgan fingerprint density at radius 1 is 1.30 bits per heavy atom. The van der Waals surface area contributed by atoms with Crippen LogP contribution in [0.1, 0.15) is 39.3 Å². The van der Waals surface area contributed by atoms with Crippen LogP contribution in [0, 0.1) is 0 Å². The summed E-state index contributed by atoms with van der Waals surface area (Å²) in [5.41, 5.74) is -0.148. The normalized spacial score (nSPS) is 11.7. The molecule has 2 heterocycles. The fourth-order valence-corrected chi connectivity index (χ4v) is 1.88. The van der Waals surface area contributed by atoms with Crippen LogP contribution < -0.4 is 5.32 Å². The van der Waals surface area contributed by atoms with Crippen LogP contribution in [0.3, 0.4) is 0 Å². The minimum absolute atomic E-state index is 0.148. The van der Waals surface area contributed by atoms with Crippen molar-refractivity contribution in [1.29, 1.82) is 0 Å². The molecule has 2 aromatic heterocycles. The van der Waals surface area contributed by atoms with E-state index in [1.807, 2.05) is 11.5 Å². The number of hydrogen-bond donors (Lipinski definition) is 1. The molecule has 0 aromatic carbocycles. The first-order valence-corrected chi connectivity index (χ1v) is 6.93. The van der Waals surface area contributed by atoms with Crippen LogP contribution in [0.25, 0.3) is 0 Å². The van der Waals surface area contributed by atoms with Gasteiger partial charge in [-0.15, -0.1) is 10.2 Å². The van der Waals surface area contributed by atoms with E-state index in [0.717, 1.165) is 12.4 Å². The number of aromatic nitrogens is 5. The Labute approximate surface area is 123 Å². The molecule has 6 nitrogen and oxygen atoms in total. The monoisotopic (exact) mass is 294 g/mol. The fraction of sp³-hybridized carbons (Fsp3) is 0.538. The van der Waals surface area contributed by atoms with Gasteiger partial charge in [-0.05, 0) is 6.92 Å². The summed E-state index contributed by atoms with van der Waals surface area (Å²) in [4.78, 5) is 8.76. The molecular formula is C13H19ClN6. The van der Waals surface area contributed by atoms with E-state index in [2.05, 4.69) is 46.3 Å². The van der Waals surface area contributed by atoms with Gasteiger partial charge < -0.3 is 9.88 Å². The van der Waals surface area contributed by atoms with Crippen molar-refractivity contribution in [1.82, 2.24) is 24.7 Å². The molecule has 0 fully saturated rings. The van der Waals surface area contributed by atoms with E-state index in [1.165, 1.54) is 0 Å². The zero-order chi connectivity index (χ0) is 14.8. The average molecular weight is 295 g/mol. The molecule has 1 N–H and O–H groups in total. The molecule has 0 saturated carbocycles. The lowest BCUT2D eigenvalue weighted by Crippen LogP contribution is -2.17. The number of anilines is 1. The van der Waals surface area contributed by atoms with Gasteiger partial charge in [-0.25, -0.2) is 9.97 Å². The summed E-state index contributed by atoms with van der Waals surface area (Å²) in [6.07, 6.45) is 1.71. The highest BCUT2D eigenvalue weighted by Crippen LogP contribution is 2.22. The number of aryl methyl sites for hydroxylation is 1. The summed E-state index contributed by atoms with van der Waals surface area (Å²) < 4.78 is 1.97. The number of rotatable bonds is 4. The molecule has 2 aromatic rings. The van der Waals surface area contributed by atoms with E-state index >= 15 is 0 Å². The number of halogens is 1. The molecule has 0 spiro atoms. The van der Waals surface area contributed by atoms with Gasteiger partial charge >= 0.3 is 0 Å². The lowest BCUT2D eigenvalue weighted by Gasteiger charge is -2.17. The van der Waals surface area contributed by atoms with E-state index < -0.39 is 0 Å². The molecule has 7 heteroatoms. The average Bonchev–Trinajstić information content (AvgIpc) is 2.82. The Kier molecular flexibility index (Phi) is 4.23. The second kappa shape index (κ2) is 5.75. The van der Waals surface area contributed by atoms with Crippen molar-refractivity contribution < 1.29 is 0 Å². The maximum Gasteiger partial charge on any atom is 0.152 e. The first-order chi connectivity index (χ1) is 9.40. The largest absolute Gasteiger partial charge is 0.363 e. The Hall–Kier alpha value is -1.69. The van der Waals surface area contributed by atoms with Crippen molar-refractivity contribution in [3.8, 4) is 0 Å². The maximum absolute atomic E-state index is 6.05. The summed E-state index contributed by atoms with van der Waals surface area (Å²) in [6, 6.07) is 1.71. The van der Waals surface area contributed by atoms with Crippen LogP contribution in [0.2, 0.25) is 5.15 Å². The van der Waals surface area contributed by atoms with Crippen molar-refractivity contribution in [3.63, 3.8) is 0 Å². The molecule has 0 bridgehead atoms. The summed E-state index contributed by atoms with van der Waals surface area (Å²) in [5.74, 6) is 2.27. The molecule has 0 amide bonds. The molecular weight excluding hydrogens is 276 g/mol. The topological polar surface area (TPSA) is 68.5 Å². The van der Waals surface area contributed by atoms with Crippen LogP contribution in [0.4, 0.5) is 5.82 Å². The Morgan fingerprint density at radius 3 is 2.70 bits per heavy atom.